The number of aliphatic hydroxyl groups excluding tert-OH is 4. The molecule has 1 aromatic heterocycles. The van der Waals surface area contributed by atoms with Gasteiger partial charge in [0.15, 0.2) is 5.78 Å². The van der Waals surface area contributed by atoms with Crippen LogP contribution in [0.5, 0.6) is 0 Å². The maximum Gasteiger partial charge on any atom is 0.158 e. The molecule has 29 heavy (non-hydrogen) atoms. The molecule has 2 aliphatic rings. The van der Waals surface area contributed by atoms with Gasteiger partial charge in [0.25, 0.3) is 0 Å². The maximum atomic E-state index is 12.3. The number of hydrogen-bond donors (Lipinski definition) is 5. The van der Waals surface area contributed by atoms with E-state index >= 15 is 0 Å². The number of carbonyl (C=O) groups is 1. The van der Waals surface area contributed by atoms with Gasteiger partial charge in [-0.3, -0.25) is 4.79 Å². The van der Waals surface area contributed by atoms with Gasteiger partial charge in [-0.2, -0.15) is 5.26 Å². The minimum atomic E-state index is -1.53. The number of nitrogens with one attached hydrogen (secondary N) is 1. The molecule has 3 heterocycles. The van der Waals surface area contributed by atoms with Gasteiger partial charge in [-0.1, -0.05) is 11.8 Å². The average Bonchev–Trinajstić information content (AvgIpc) is 3.22. The molecule has 0 amide bonds. The molecule has 156 valence electrons. The number of nitriles is 1. The number of allylic oxidation sites excluding steroid dienone is 3. The molecule has 10 heteroatoms. The number of carbonyl (C=O) groups excluding carboxylic acids is 1. The van der Waals surface area contributed by atoms with E-state index in [1.165, 1.54) is 13.2 Å². The van der Waals surface area contributed by atoms with E-state index in [0.717, 1.165) is 11.8 Å². The molecule has 1 saturated heterocycles. The van der Waals surface area contributed by atoms with E-state index in [-0.39, 0.29) is 11.4 Å². The number of hydrogen-bond acceptors (Lipinski definition) is 10. The molecule has 0 aliphatic carbocycles. The van der Waals surface area contributed by atoms with Crippen molar-refractivity contribution in [3.63, 3.8) is 0 Å². The first kappa shape index (κ1) is 21.6. The Morgan fingerprint density at radius 3 is 2.59 bits per heavy atom. The van der Waals surface area contributed by atoms with E-state index in [1.54, 1.807) is 19.1 Å². The summed E-state index contributed by atoms with van der Waals surface area (Å²) in [6, 6.07) is 5.42. The highest BCUT2D eigenvalue weighted by atomic mass is 32.2. The van der Waals surface area contributed by atoms with Crippen molar-refractivity contribution in [2.75, 3.05) is 6.61 Å². The molecule has 3 rings (SSSR count). The van der Waals surface area contributed by atoms with Crippen molar-refractivity contribution in [2.45, 2.75) is 49.6 Å². The van der Waals surface area contributed by atoms with Gasteiger partial charge >= 0.3 is 0 Å². The molecule has 0 saturated carbocycles. The Morgan fingerprint density at radius 2 is 2.03 bits per heavy atom. The fourth-order valence-electron chi connectivity index (χ4n) is 3.49. The van der Waals surface area contributed by atoms with E-state index in [0.29, 0.717) is 22.1 Å². The van der Waals surface area contributed by atoms with E-state index in [1.807, 2.05) is 0 Å². The standard InChI is InChI=1S/C19H22N2O7S/c1-8-13(9(2)23)14(11-4-3-5-27-11)10(6-20)18(21-8)29-19-17(26)16(25)15(24)12(7-22)28-19/h3-5,12,14-17,19,21-22,24-26H,7H2,1-2H3/t12-,14?,15+,16+,17-,19+/m1/s1. The van der Waals surface area contributed by atoms with Crippen molar-refractivity contribution in [3.05, 3.63) is 46.0 Å². The number of nitrogens with zero attached hydrogens (tertiary/aromatic N) is 1. The van der Waals surface area contributed by atoms with Crippen LogP contribution in [-0.2, 0) is 9.53 Å². The lowest BCUT2D eigenvalue weighted by atomic mass is 9.84. The largest absolute Gasteiger partial charge is 0.468 e. The zero-order valence-corrected chi connectivity index (χ0v) is 16.6. The monoisotopic (exact) mass is 422 g/mol. The van der Waals surface area contributed by atoms with E-state index in [4.69, 9.17) is 9.15 Å². The molecule has 0 spiro atoms. The molecule has 1 fully saturated rings. The Kier molecular flexibility index (Phi) is 6.48. The summed E-state index contributed by atoms with van der Waals surface area (Å²) in [5.41, 5.74) is 0.0256. The number of furan rings is 1. The predicted octanol–water partition coefficient (Wildman–Crippen LogP) is 0.0977. The third-order valence-electron chi connectivity index (χ3n) is 4.94. The number of Topliss-reactive ketones (excluding diaryl/α,β-unsaturated/α-hetero) is 1. The van der Waals surface area contributed by atoms with E-state index in [9.17, 15) is 30.5 Å². The van der Waals surface area contributed by atoms with Crippen LogP contribution >= 0.6 is 11.8 Å². The lowest BCUT2D eigenvalue weighted by molar-refractivity contribution is -0.205. The van der Waals surface area contributed by atoms with Gasteiger partial charge in [-0.15, -0.1) is 0 Å². The van der Waals surface area contributed by atoms with Crippen LogP contribution in [0.2, 0.25) is 0 Å². The molecule has 0 aromatic carbocycles. The van der Waals surface area contributed by atoms with Crippen molar-refractivity contribution in [1.82, 2.24) is 5.32 Å². The van der Waals surface area contributed by atoms with Crippen LogP contribution < -0.4 is 5.32 Å². The third-order valence-corrected chi connectivity index (χ3v) is 6.12. The predicted molar refractivity (Wildman–Crippen MR) is 102 cm³/mol. The number of ketones is 1. The third kappa shape index (κ3) is 3.98. The first-order valence-electron chi connectivity index (χ1n) is 8.93. The zero-order chi connectivity index (χ0) is 21.3. The minimum Gasteiger partial charge on any atom is -0.468 e. The molecular formula is C19H22N2O7S. The Morgan fingerprint density at radius 1 is 1.31 bits per heavy atom. The second-order valence-electron chi connectivity index (χ2n) is 6.84. The van der Waals surface area contributed by atoms with Crippen molar-refractivity contribution >= 4 is 17.5 Å². The Hall–Kier alpha value is -2.13. The van der Waals surface area contributed by atoms with E-state index in [2.05, 4.69) is 11.4 Å². The van der Waals surface area contributed by atoms with E-state index < -0.39 is 42.4 Å². The van der Waals surface area contributed by atoms with Crippen LogP contribution in [0, 0.1) is 11.3 Å². The number of dihydropyridines is 1. The number of aliphatic hydroxyl groups is 4. The second kappa shape index (κ2) is 8.71. The van der Waals surface area contributed by atoms with Gasteiger partial charge in [0.05, 0.1) is 35.5 Å². The number of rotatable bonds is 5. The van der Waals surface area contributed by atoms with Crippen LogP contribution in [0.3, 0.4) is 0 Å². The van der Waals surface area contributed by atoms with Crippen LogP contribution in [0.25, 0.3) is 0 Å². The smallest absolute Gasteiger partial charge is 0.158 e. The molecule has 0 bridgehead atoms. The summed E-state index contributed by atoms with van der Waals surface area (Å²) < 4.78 is 11.0. The lowest BCUT2D eigenvalue weighted by Crippen LogP contribution is -2.57. The summed E-state index contributed by atoms with van der Waals surface area (Å²) in [6.07, 6.45) is -4.08. The van der Waals surface area contributed by atoms with Gasteiger partial charge in [0.1, 0.15) is 35.6 Å². The van der Waals surface area contributed by atoms with Crippen molar-refractivity contribution in [3.8, 4) is 6.07 Å². The fraction of sp³-hybridized carbons (Fsp3) is 0.474. The first-order valence-corrected chi connectivity index (χ1v) is 9.81. The van der Waals surface area contributed by atoms with Crippen LogP contribution in [0.4, 0.5) is 0 Å². The molecular weight excluding hydrogens is 400 g/mol. The van der Waals surface area contributed by atoms with Crippen LogP contribution in [0.15, 0.2) is 44.7 Å². The summed E-state index contributed by atoms with van der Waals surface area (Å²) >= 11 is 0.930. The first-order chi connectivity index (χ1) is 13.8. The fourth-order valence-corrected chi connectivity index (χ4v) is 4.73. The highest BCUT2D eigenvalue weighted by molar-refractivity contribution is 8.03. The van der Waals surface area contributed by atoms with Gasteiger partial charge in [-0.25, -0.2) is 0 Å². The van der Waals surface area contributed by atoms with Gasteiger partial charge < -0.3 is 34.9 Å². The summed E-state index contributed by atoms with van der Waals surface area (Å²) in [7, 11) is 0. The Bertz CT molecular complexity index is 872. The molecule has 1 aromatic rings. The maximum absolute atomic E-state index is 12.3. The van der Waals surface area contributed by atoms with Crippen LogP contribution in [0.1, 0.15) is 25.5 Å². The molecule has 2 aliphatic heterocycles. The zero-order valence-electron chi connectivity index (χ0n) is 15.8. The van der Waals surface area contributed by atoms with Gasteiger partial charge in [0, 0.05) is 11.3 Å². The summed E-state index contributed by atoms with van der Waals surface area (Å²) in [4.78, 5) is 12.3. The van der Waals surface area contributed by atoms with Crippen LogP contribution in [-0.4, -0.2) is 62.7 Å². The highest BCUT2D eigenvalue weighted by Gasteiger charge is 2.45. The van der Waals surface area contributed by atoms with Gasteiger partial charge in [0.2, 0.25) is 0 Å². The number of ether oxygens (including phenoxy) is 1. The normalized spacial score (nSPS) is 32.7. The summed E-state index contributed by atoms with van der Waals surface area (Å²) in [5, 5.41) is 52.8. The Labute approximate surface area is 171 Å². The van der Waals surface area contributed by atoms with Crippen molar-refractivity contribution in [2.24, 2.45) is 0 Å². The summed E-state index contributed by atoms with van der Waals surface area (Å²) in [6.45, 7) is 2.54. The quantitative estimate of drug-likeness (QED) is 0.441. The molecule has 6 atom stereocenters. The van der Waals surface area contributed by atoms with Gasteiger partial charge in [-0.05, 0) is 26.0 Å². The molecule has 1 unspecified atom stereocenters. The second-order valence-corrected chi connectivity index (χ2v) is 7.95. The SMILES string of the molecule is CC(=O)C1=C(C)NC(S[C@@H]2O[C@H](CO)[C@H](O)[C@H](O)[C@H]2O)=C(C#N)C1c1ccco1. The Balaban J connectivity index is 1.99. The number of thioether (sulfide) groups is 1. The molecule has 9 nitrogen and oxygen atoms in total. The molecule has 0 radical (unpaired) electrons. The minimum absolute atomic E-state index is 0.192. The van der Waals surface area contributed by atoms with Crippen molar-refractivity contribution < 1.29 is 34.4 Å². The topological polar surface area (TPSA) is 156 Å². The van der Waals surface area contributed by atoms with Crippen molar-refractivity contribution in [1.29, 1.82) is 5.26 Å². The highest BCUT2D eigenvalue weighted by Crippen LogP contribution is 2.43. The molecule has 5 N–H and O–H groups in total. The lowest BCUT2D eigenvalue weighted by Gasteiger charge is -2.40. The summed E-state index contributed by atoms with van der Waals surface area (Å²) in [5.74, 6) is -0.540. The average molecular weight is 422 g/mol.